The Morgan fingerprint density at radius 3 is 2.67 bits per heavy atom. The maximum atomic E-state index is 11.4. The highest BCUT2D eigenvalue weighted by Gasteiger charge is 2.16. The molecule has 0 saturated heterocycles. The molecule has 0 aliphatic heterocycles. The first-order valence-corrected chi connectivity index (χ1v) is 7.82. The van der Waals surface area contributed by atoms with Crippen molar-refractivity contribution in [2.24, 2.45) is 5.14 Å². The van der Waals surface area contributed by atoms with Crippen molar-refractivity contribution in [3.05, 3.63) is 18.2 Å². The molecule has 3 N–H and O–H groups in total. The minimum absolute atomic E-state index is 0.139. The van der Waals surface area contributed by atoms with E-state index in [4.69, 9.17) is 9.88 Å². The van der Waals surface area contributed by atoms with Crippen LogP contribution in [0.1, 0.15) is 0 Å². The minimum Gasteiger partial charge on any atom is -0.495 e. The highest BCUT2D eigenvalue weighted by atomic mass is 32.2. The largest absolute Gasteiger partial charge is 0.495 e. The number of ether oxygens (including phenoxy) is 1. The quantitative estimate of drug-likeness (QED) is 0.829. The van der Waals surface area contributed by atoms with Gasteiger partial charge in [-0.1, -0.05) is 0 Å². The molecule has 0 bridgehead atoms. The van der Waals surface area contributed by atoms with Crippen molar-refractivity contribution in [2.45, 2.75) is 4.90 Å². The van der Waals surface area contributed by atoms with Crippen LogP contribution in [0.15, 0.2) is 23.1 Å². The second kappa shape index (κ2) is 6.07. The van der Waals surface area contributed by atoms with E-state index in [2.05, 4.69) is 5.32 Å². The van der Waals surface area contributed by atoms with Crippen molar-refractivity contribution in [2.75, 3.05) is 24.4 Å². The first-order chi connectivity index (χ1) is 8.38. The van der Waals surface area contributed by atoms with Gasteiger partial charge in [0.25, 0.3) is 0 Å². The highest BCUT2D eigenvalue weighted by Crippen LogP contribution is 2.26. The molecule has 0 heterocycles. The summed E-state index contributed by atoms with van der Waals surface area (Å²) in [5.41, 5.74) is 0.360. The third kappa shape index (κ3) is 3.90. The Labute approximate surface area is 110 Å². The van der Waals surface area contributed by atoms with E-state index >= 15 is 0 Å². The molecule has 8 heteroatoms. The van der Waals surface area contributed by atoms with Crippen LogP contribution in [-0.4, -0.2) is 33.4 Å². The lowest BCUT2D eigenvalue weighted by molar-refractivity contribution is -0.113. The van der Waals surface area contributed by atoms with Crippen LogP contribution in [0.3, 0.4) is 0 Å². The smallest absolute Gasteiger partial charge is 0.241 e. The third-order valence-electron chi connectivity index (χ3n) is 2.03. The predicted octanol–water partition coefficient (Wildman–Crippen LogP) is 0.644. The molecule has 0 radical (unpaired) electrons. The number of hydrogen-bond donors (Lipinski definition) is 2. The summed E-state index contributed by atoms with van der Waals surface area (Å²) in [4.78, 5) is 11.2. The van der Waals surface area contributed by atoms with E-state index in [-0.39, 0.29) is 22.3 Å². The number of nitrogens with two attached hydrogens (primary N) is 1. The number of hydrogen-bond acceptors (Lipinski definition) is 5. The average Bonchev–Trinajstić information content (AvgIpc) is 2.28. The maximum absolute atomic E-state index is 11.4. The van der Waals surface area contributed by atoms with Gasteiger partial charge in [0.15, 0.2) is 0 Å². The Kier molecular flexibility index (Phi) is 5.00. The minimum atomic E-state index is -3.90. The molecule has 1 amide bonds. The van der Waals surface area contributed by atoms with Gasteiger partial charge in [0, 0.05) is 5.69 Å². The van der Waals surface area contributed by atoms with Crippen molar-refractivity contribution in [3.63, 3.8) is 0 Å². The first-order valence-electron chi connectivity index (χ1n) is 4.88. The summed E-state index contributed by atoms with van der Waals surface area (Å²) in [6.45, 7) is 0. The van der Waals surface area contributed by atoms with Gasteiger partial charge in [-0.25, -0.2) is 13.6 Å². The van der Waals surface area contributed by atoms with Crippen molar-refractivity contribution in [1.82, 2.24) is 0 Å². The van der Waals surface area contributed by atoms with Crippen LogP contribution in [0, 0.1) is 0 Å². The summed E-state index contributed by atoms with van der Waals surface area (Å²) in [7, 11) is -2.55. The van der Waals surface area contributed by atoms with Gasteiger partial charge in [0.05, 0.1) is 12.9 Å². The lowest BCUT2D eigenvalue weighted by atomic mass is 10.3. The number of benzene rings is 1. The molecular formula is C10H14N2O4S2. The Balaban J connectivity index is 3.08. The summed E-state index contributed by atoms with van der Waals surface area (Å²) < 4.78 is 27.6. The molecule has 6 nitrogen and oxygen atoms in total. The van der Waals surface area contributed by atoms with Crippen LogP contribution in [0.2, 0.25) is 0 Å². The molecule has 0 aromatic heterocycles. The molecule has 1 rings (SSSR count). The van der Waals surface area contributed by atoms with Crippen molar-refractivity contribution in [3.8, 4) is 5.75 Å². The second-order valence-corrected chi connectivity index (χ2v) is 5.79. The fraction of sp³-hybridized carbons (Fsp3) is 0.300. The van der Waals surface area contributed by atoms with Gasteiger partial charge >= 0.3 is 0 Å². The number of methoxy groups -OCH3 is 1. The lowest BCUT2D eigenvalue weighted by Gasteiger charge is -2.09. The van der Waals surface area contributed by atoms with Gasteiger partial charge < -0.3 is 10.1 Å². The number of primary sulfonamides is 1. The zero-order valence-corrected chi connectivity index (χ0v) is 11.6. The summed E-state index contributed by atoms with van der Waals surface area (Å²) >= 11 is 1.37. The van der Waals surface area contributed by atoms with Gasteiger partial charge in [-0.05, 0) is 24.5 Å². The number of nitrogens with one attached hydrogen (secondary N) is 1. The Morgan fingerprint density at radius 1 is 1.50 bits per heavy atom. The summed E-state index contributed by atoms with van der Waals surface area (Å²) in [6.07, 6.45) is 1.80. The summed E-state index contributed by atoms with van der Waals surface area (Å²) in [6, 6.07) is 4.26. The molecular weight excluding hydrogens is 276 g/mol. The standard InChI is InChI=1S/C10H14N2O4S2/c1-16-8-4-3-7(12-10(13)6-17-2)5-9(8)18(11,14)15/h3-5H,6H2,1-2H3,(H,12,13)(H2,11,14,15). The zero-order chi connectivity index (χ0) is 13.8. The highest BCUT2D eigenvalue weighted by molar-refractivity contribution is 7.99. The van der Waals surface area contributed by atoms with Crippen LogP contribution in [-0.2, 0) is 14.8 Å². The van der Waals surface area contributed by atoms with Crippen molar-refractivity contribution >= 4 is 33.4 Å². The molecule has 18 heavy (non-hydrogen) atoms. The van der Waals surface area contributed by atoms with Gasteiger partial charge in [-0.15, -0.1) is 0 Å². The van der Waals surface area contributed by atoms with E-state index in [1.54, 1.807) is 12.3 Å². The number of rotatable bonds is 5. The fourth-order valence-corrected chi connectivity index (χ4v) is 2.36. The molecule has 0 unspecified atom stereocenters. The van der Waals surface area contributed by atoms with Gasteiger partial charge in [-0.2, -0.15) is 11.8 Å². The molecule has 0 aliphatic carbocycles. The van der Waals surface area contributed by atoms with Crippen LogP contribution in [0.5, 0.6) is 5.75 Å². The number of carbonyl (C=O) groups is 1. The SMILES string of the molecule is COc1ccc(NC(=O)CSC)cc1S(N)(=O)=O. The molecule has 0 aliphatic rings. The van der Waals surface area contributed by atoms with E-state index in [0.29, 0.717) is 5.69 Å². The molecule has 1 aromatic carbocycles. The first kappa shape index (κ1) is 14.8. The zero-order valence-electron chi connectivity index (χ0n) is 9.97. The van der Waals surface area contributed by atoms with Gasteiger partial charge in [-0.3, -0.25) is 4.79 Å². The molecule has 100 valence electrons. The Morgan fingerprint density at radius 2 is 2.17 bits per heavy atom. The van der Waals surface area contributed by atoms with E-state index < -0.39 is 10.0 Å². The Hall–Kier alpha value is -1.25. The number of anilines is 1. The average molecular weight is 290 g/mol. The van der Waals surface area contributed by atoms with Crippen molar-refractivity contribution < 1.29 is 17.9 Å². The Bertz CT molecular complexity index is 543. The second-order valence-electron chi connectivity index (χ2n) is 3.39. The van der Waals surface area contributed by atoms with Gasteiger partial charge in [0.1, 0.15) is 10.6 Å². The molecule has 0 spiro atoms. The van der Waals surface area contributed by atoms with E-state index in [0.717, 1.165) is 0 Å². The molecule has 0 fully saturated rings. The number of amides is 1. The van der Waals surface area contributed by atoms with Crippen LogP contribution in [0.25, 0.3) is 0 Å². The molecule has 0 saturated carbocycles. The molecule has 0 atom stereocenters. The van der Waals surface area contributed by atoms with Crippen LogP contribution >= 0.6 is 11.8 Å². The normalized spacial score (nSPS) is 11.1. The van der Waals surface area contributed by atoms with Crippen molar-refractivity contribution in [1.29, 1.82) is 0 Å². The maximum Gasteiger partial charge on any atom is 0.241 e. The van der Waals surface area contributed by atoms with E-state index in [1.807, 2.05) is 0 Å². The number of sulfonamides is 1. The monoisotopic (exact) mass is 290 g/mol. The lowest BCUT2D eigenvalue weighted by Crippen LogP contribution is -2.16. The summed E-state index contributed by atoms with van der Waals surface area (Å²) in [5, 5.41) is 7.64. The third-order valence-corrected chi connectivity index (χ3v) is 3.51. The number of thioether (sulfide) groups is 1. The number of carbonyl (C=O) groups excluding carboxylic acids is 1. The topological polar surface area (TPSA) is 98.5 Å². The van der Waals surface area contributed by atoms with Gasteiger partial charge in [0.2, 0.25) is 15.9 Å². The van der Waals surface area contributed by atoms with Crippen LogP contribution in [0.4, 0.5) is 5.69 Å². The summed E-state index contributed by atoms with van der Waals surface area (Å²) in [5.74, 6) is 0.213. The molecule has 1 aromatic rings. The van der Waals surface area contributed by atoms with E-state index in [1.165, 1.54) is 31.0 Å². The van der Waals surface area contributed by atoms with Crippen LogP contribution < -0.4 is 15.2 Å². The fourth-order valence-electron chi connectivity index (χ4n) is 1.30. The predicted molar refractivity (Wildman–Crippen MR) is 71.4 cm³/mol. The van der Waals surface area contributed by atoms with E-state index in [9.17, 15) is 13.2 Å².